The standard InChI is InChI=1S/C15H16FNO/c1-18-15-8-7-14(16)9-13(15)11-17-10-12-5-3-2-4-6-12/h2-9,17H,10-11H2,1H3. The molecule has 0 aliphatic heterocycles. The molecule has 0 aromatic heterocycles. The highest BCUT2D eigenvalue weighted by atomic mass is 19.1. The topological polar surface area (TPSA) is 21.3 Å². The molecule has 2 aromatic carbocycles. The van der Waals surface area contributed by atoms with Crippen LogP contribution in [0.4, 0.5) is 4.39 Å². The van der Waals surface area contributed by atoms with E-state index in [-0.39, 0.29) is 5.82 Å². The van der Waals surface area contributed by atoms with Gasteiger partial charge in [0.25, 0.3) is 0 Å². The maximum Gasteiger partial charge on any atom is 0.123 e. The van der Waals surface area contributed by atoms with E-state index < -0.39 is 0 Å². The first-order chi connectivity index (χ1) is 8.79. The summed E-state index contributed by atoms with van der Waals surface area (Å²) < 4.78 is 18.3. The number of ether oxygens (including phenoxy) is 1. The molecular weight excluding hydrogens is 229 g/mol. The predicted molar refractivity (Wildman–Crippen MR) is 69.9 cm³/mol. The average molecular weight is 245 g/mol. The van der Waals surface area contributed by atoms with Crippen molar-refractivity contribution in [2.24, 2.45) is 0 Å². The van der Waals surface area contributed by atoms with Crippen LogP contribution < -0.4 is 10.1 Å². The quantitative estimate of drug-likeness (QED) is 0.873. The second-order valence-corrected chi connectivity index (χ2v) is 4.05. The van der Waals surface area contributed by atoms with Crippen molar-refractivity contribution in [1.29, 1.82) is 0 Å². The lowest BCUT2D eigenvalue weighted by molar-refractivity contribution is 0.406. The van der Waals surface area contributed by atoms with E-state index in [2.05, 4.69) is 17.4 Å². The van der Waals surface area contributed by atoms with Gasteiger partial charge < -0.3 is 10.1 Å². The highest BCUT2D eigenvalue weighted by Crippen LogP contribution is 2.19. The van der Waals surface area contributed by atoms with E-state index in [1.165, 1.54) is 17.7 Å². The van der Waals surface area contributed by atoms with Crippen molar-refractivity contribution < 1.29 is 9.13 Å². The molecule has 2 nitrogen and oxygen atoms in total. The summed E-state index contributed by atoms with van der Waals surface area (Å²) in [7, 11) is 1.59. The van der Waals surface area contributed by atoms with Gasteiger partial charge in [0.15, 0.2) is 0 Å². The molecule has 0 saturated carbocycles. The molecule has 2 aromatic rings. The smallest absolute Gasteiger partial charge is 0.123 e. The van der Waals surface area contributed by atoms with E-state index in [0.717, 1.165) is 12.1 Å². The Kier molecular flexibility index (Phi) is 4.31. The molecule has 2 rings (SSSR count). The highest BCUT2D eigenvalue weighted by Gasteiger charge is 2.04. The summed E-state index contributed by atoms with van der Waals surface area (Å²) in [4.78, 5) is 0. The molecule has 0 aliphatic carbocycles. The van der Waals surface area contributed by atoms with Gasteiger partial charge in [-0.2, -0.15) is 0 Å². The van der Waals surface area contributed by atoms with E-state index in [9.17, 15) is 4.39 Å². The van der Waals surface area contributed by atoms with Gasteiger partial charge in [0, 0.05) is 18.7 Å². The Morgan fingerprint density at radius 2 is 1.83 bits per heavy atom. The van der Waals surface area contributed by atoms with Gasteiger partial charge in [-0.15, -0.1) is 0 Å². The maximum atomic E-state index is 13.2. The fraction of sp³-hybridized carbons (Fsp3) is 0.200. The van der Waals surface area contributed by atoms with Gasteiger partial charge in [-0.3, -0.25) is 0 Å². The minimum atomic E-state index is -0.243. The van der Waals surface area contributed by atoms with Crippen LogP contribution in [-0.2, 0) is 13.1 Å². The van der Waals surface area contributed by atoms with Crippen LogP contribution in [0, 0.1) is 5.82 Å². The van der Waals surface area contributed by atoms with Gasteiger partial charge in [-0.05, 0) is 23.8 Å². The van der Waals surface area contributed by atoms with Crippen LogP contribution in [0.3, 0.4) is 0 Å². The summed E-state index contributed by atoms with van der Waals surface area (Å²) in [6.07, 6.45) is 0. The minimum Gasteiger partial charge on any atom is -0.496 e. The SMILES string of the molecule is COc1ccc(F)cc1CNCc1ccccc1. The number of hydrogen-bond acceptors (Lipinski definition) is 2. The Balaban J connectivity index is 1.96. The molecule has 18 heavy (non-hydrogen) atoms. The zero-order valence-electron chi connectivity index (χ0n) is 10.3. The van der Waals surface area contributed by atoms with Crippen molar-refractivity contribution in [3.63, 3.8) is 0 Å². The fourth-order valence-electron chi connectivity index (χ4n) is 1.82. The van der Waals surface area contributed by atoms with Crippen LogP contribution in [0.2, 0.25) is 0 Å². The van der Waals surface area contributed by atoms with Crippen molar-refractivity contribution in [3.05, 3.63) is 65.5 Å². The van der Waals surface area contributed by atoms with E-state index in [1.54, 1.807) is 13.2 Å². The Morgan fingerprint density at radius 1 is 1.06 bits per heavy atom. The number of rotatable bonds is 5. The number of nitrogens with one attached hydrogen (secondary N) is 1. The lowest BCUT2D eigenvalue weighted by Crippen LogP contribution is -2.13. The zero-order valence-corrected chi connectivity index (χ0v) is 10.3. The average Bonchev–Trinajstić information content (AvgIpc) is 2.40. The molecule has 0 unspecified atom stereocenters. The van der Waals surface area contributed by atoms with Crippen LogP contribution in [-0.4, -0.2) is 7.11 Å². The predicted octanol–water partition coefficient (Wildman–Crippen LogP) is 3.12. The molecule has 0 atom stereocenters. The van der Waals surface area contributed by atoms with Crippen molar-refractivity contribution in [2.45, 2.75) is 13.1 Å². The molecule has 0 bridgehead atoms. The van der Waals surface area contributed by atoms with Crippen LogP contribution in [0.1, 0.15) is 11.1 Å². The monoisotopic (exact) mass is 245 g/mol. The summed E-state index contributed by atoms with van der Waals surface area (Å²) in [6.45, 7) is 1.33. The Morgan fingerprint density at radius 3 is 2.56 bits per heavy atom. The molecule has 3 heteroatoms. The second-order valence-electron chi connectivity index (χ2n) is 4.05. The summed E-state index contributed by atoms with van der Waals surface area (Å²) in [6, 6.07) is 14.6. The molecule has 0 aliphatic rings. The first-order valence-electron chi connectivity index (χ1n) is 5.86. The Bertz CT molecular complexity index is 499. The number of benzene rings is 2. The van der Waals surface area contributed by atoms with E-state index >= 15 is 0 Å². The van der Waals surface area contributed by atoms with Crippen LogP contribution in [0.15, 0.2) is 48.5 Å². The normalized spacial score (nSPS) is 10.3. The van der Waals surface area contributed by atoms with Crippen LogP contribution >= 0.6 is 0 Å². The summed E-state index contributed by atoms with van der Waals surface area (Å²) in [5.41, 5.74) is 2.03. The fourth-order valence-corrected chi connectivity index (χ4v) is 1.82. The molecule has 0 fully saturated rings. The van der Waals surface area contributed by atoms with Crippen molar-refractivity contribution >= 4 is 0 Å². The third kappa shape index (κ3) is 3.31. The number of halogens is 1. The molecule has 1 N–H and O–H groups in total. The Labute approximate surface area is 106 Å². The third-order valence-electron chi connectivity index (χ3n) is 2.73. The second kappa shape index (κ2) is 6.17. The third-order valence-corrected chi connectivity index (χ3v) is 2.73. The van der Waals surface area contributed by atoms with Crippen molar-refractivity contribution in [3.8, 4) is 5.75 Å². The van der Waals surface area contributed by atoms with E-state index in [1.807, 2.05) is 18.2 Å². The van der Waals surface area contributed by atoms with Gasteiger partial charge in [-0.25, -0.2) is 4.39 Å². The molecule has 0 radical (unpaired) electrons. The molecule has 94 valence electrons. The first-order valence-corrected chi connectivity index (χ1v) is 5.86. The molecular formula is C15H16FNO. The number of hydrogen-bond donors (Lipinski definition) is 1. The van der Waals surface area contributed by atoms with Gasteiger partial charge in [0.2, 0.25) is 0 Å². The van der Waals surface area contributed by atoms with E-state index in [0.29, 0.717) is 12.3 Å². The summed E-state index contributed by atoms with van der Waals surface area (Å²) >= 11 is 0. The van der Waals surface area contributed by atoms with Crippen molar-refractivity contribution in [2.75, 3.05) is 7.11 Å². The molecule has 0 spiro atoms. The zero-order chi connectivity index (χ0) is 12.8. The summed E-state index contributed by atoms with van der Waals surface area (Å²) in [5, 5.41) is 3.27. The largest absolute Gasteiger partial charge is 0.496 e. The van der Waals surface area contributed by atoms with Crippen LogP contribution in [0.25, 0.3) is 0 Å². The van der Waals surface area contributed by atoms with Gasteiger partial charge in [0.1, 0.15) is 11.6 Å². The lowest BCUT2D eigenvalue weighted by Gasteiger charge is -2.09. The molecule has 0 saturated heterocycles. The van der Waals surface area contributed by atoms with Crippen LogP contribution in [0.5, 0.6) is 5.75 Å². The number of methoxy groups -OCH3 is 1. The summed E-state index contributed by atoms with van der Waals surface area (Å²) in [5.74, 6) is 0.462. The van der Waals surface area contributed by atoms with E-state index in [4.69, 9.17) is 4.74 Å². The van der Waals surface area contributed by atoms with Gasteiger partial charge in [0.05, 0.1) is 7.11 Å². The Hall–Kier alpha value is -1.87. The van der Waals surface area contributed by atoms with Crippen molar-refractivity contribution in [1.82, 2.24) is 5.32 Å². The van der Waals surface area contributed by atoms with Gasteiger partial charge >= 0.3 is 0 Å². The molecule has 0 heterocycles. The van der Waals surface area contributed by atoms with Gasteiger partial charge in [-0.1, -0.05) is 30.3 Å². The molecule has 0 amide bonds. The first kappa shape index (κ1) is 12.6. The maximum absolute atomic E-state index is 13.2. The minimum absolute atomic E-state index is 0.243. The lowest BCUT2D eigenvalue weighted by atomic mass is 10.2. The highest BCUT2D eigenvalue weighted by molar-refractivity contribution is 5.33.